The van der Waals surface area contributed by atoms with Crippen molar-refractivity contribution in [1.29, 1.82) is 0 Å². The molecule has 0 saturated heterocycles. The van der Waals surface area contributed by atoms with Crippen molar-refractivity contribution in [2.75, 3.05) is 0 Å². The Balaban J connectivity index is 1.33. The van der Waals surface area contributed by atoms with E-state index in [2.05, 4.69) is 10.1 Å². The molecule has 224 valence electrons. The van der Waals surface area contributed by atoms with E-state index in [4.69, 9.17) is 28.2 Å². The fourth-order valence-corrected chi connectivity index (χ4v) is 4.85. The van der Waals surface area contributed by atoms with Gasteiger partial charge in [-0.2, -0.15) is 0 Å². The number of carbonyl (C=O) groups excluding carboxylic acids is 1. The predicted octanol–water partition coefficient (Wildman–Crippen LogP) is 8.61. The molecule has 1 aromatic heterocycles. The number of benzene rings is 4. The Bertz CT molecular complexity index is 1790. The summed E-state index contributed by atoms with van der Waals surface area (Å²) < 4.78 is 42.8. The van der Waals surface area contributed by atoms with Crippen LogP contribution in [0, 0.1) is 0 Å². The normalized spacial score (nSPS) is 11.6. The van der Waals surface area contributed by atoms with E-state index < -0.39 is 6.36 Å². The van der Waals surface area contributed by atoms with Gasteiger partial charge in [0, 0.05) is 23.3 Å². The Morgan fingerprint density at radius 2 is 1.57 bits per heavy atom. The van der Waals surface area contributed by atoms with E-state index in [0.29, 0.717) is 32.7 Å². The van der Waals surface area contributed by atoms with Crippen LogP contribution in [0.5, 0.6) is 11.5 Å². The fourth-order valence-electron chi connectivity index (χ4n) is 4.35. The molecule has 11 heteroatoms. The van der Waals surface area contributed by atoms with Crippen molar-refractivity contribution in [1.82, 2.24) is 14.9 Å². The summed E-state index contributed by atoms with van der Waals surface area (Å²) in [5.74, 6) is 0.0215. The first-order chi connectivity index (χ1) is 21.0. The molecule has 0 unspecified atom stereocenters. The van der Waals surface area contributed by atoms with Crippen LogP contribution in [-0.2, 0) is 17.9 Å². The molecule has 0 spiro atoms. The van der Waals surface area contributed by atoms with Gasteiger partial charge >= 0.3 is 6.36 Å². The van der Waals surface area contributed by atoms with Crippen molar-refractivity contribution in [3.8, 4) is 33.9 Å². The number of ether oxygens (including phenoxy) is 1. The summed E-state index contributed by atoms with van der Waals surface area (Å²) in [4.78, 5) is 17.6. The Hall–Kier alpha value is -4.73. The smallest absolute Gasteiger partial charge is 0.508 e. The van der Waals surface area contributed by atoms with Gasteiger partial charge in [0.15, 0.2) is 0 Å². The highest BCUT2D eigenvalue weighted by molar-refractivity contribution is 6.36. The Kier molecular flexibility index (Phi) is 9.27. The summed E-state index contributed by atoms with van der Waals surface area (Å²) in [6.07, 6.45) is 0.593. The van der Waals surface area contributed by atoms with Crippen LogP contribution in [0.15, 0.2) is 97.2 Å². The molecule has 5 rings (SSSR count). The van der Waals surface area contributed by atoms with Crippen LogP contribution in [0.3, 0.4) is 0 Å². The lowest BCUT2D eigenvalue weighted by molar-refractivity contribution is -0.274. The third kappa shape index (κ3) is 8.21. The van der Waals surface area contributed by atoms with Crippen molar-refractivity contribution < 1.29 is 27.8 Å². The maximum atomic E-state index is 12.9. The van der Waals surface area contributed by atoms with Crippen LogP contribution in [0.2, 0.25) is 10.0 Å². The molecule has 4 aromatic carbocycles. The summed E-state index contributed by atoms with van der Waals surface area (Å²) >= 11 is 12.5. The fraction of sp³-hybridized carbons (Fsp3) is 0.0909. The topological polar surface area (TPSA) is 76.4 Å². The third-order valence-electron chi connectivity index (χ3n) is 6.51. The molecule has 0 aliphatic heterocycles. The van der Waals surface area contributed by atoms with Gasteiger partial charge in [-0.3, -0.25) is 4.79 Å². The minimum Gasteiger partial charge on any atom is -0.508 e. The number of hydrogen-bond acceptors (Lipinski definition) is 4. The average Bonchev–Trinajstić information content (AvgIpc) is 3.37. The second-order valence-electron chi connectivity index (χ2n) is 9.71. The van der Waals surface area contributed by atoms with Crippen LogP contribution >= 0.6 is 23.2 Å². The van der Waals surface area contributed by atoms with Crippen LogP contribution < -0.4 is 10.1 Å². The number of nitrogens with one attached hydrogen (secondary N) is 1. The van der Waals surface area contributed by atoms with Crippen molar-refractivity contribution in [2.24, 2.45) is 0 Å². The highest BCUT2D eigenvalue weighted by Crippen LogP contribution is 2.30. The van der Waals surface area contributed by atoms with Gasteiger partial charge < -0.3 is 19.7 Å². The van der Waals surface area contributed by atoms with Crippen molar-refractivity contribution in [3.63, 3.8) is 0 Å². The first-order valence-corrected chi connectivity index (χ1v) is 14.0. The number of nitrogens with zero attached hydrogens (tertiary/aromatic N) is 2. The Morgan fingerprint density at radius 1 is 0.909 bits per heavy atom. The molecule has 5 aromatic rings. The largest absolute Gasteiger partial charge is 0.573 e. The summed E-state index contributed by atoms with van der Waals surface area (Å²) in [5.41, 5.74) is 4.64. The number of phenolic OH excluding ortho intramolecular Hbond substituents is 1. The van der Waals surface area contributed by atoms with E-state index in [1.165, 1.54) is 24.3 Å². The second kappa shape index (κ2) is 13.3. The molecule has 0 atom stereocenters. The monoisotopic (exact) mass is 637 g/mol. The van der Waals surface area contributed by atoms with E-state index in [1.807, 2.05) is 42.5 Å². The van der Waals surface area contributed by atoms with Crippen molar-refractivity contribution in [2.45, 2.75) is 19.5 Å². The maximum absolute atomic E-state index is 12.9. The number of carbonyl (C=O) groups is 1. The van der Waals surface area contributed by atoms with Crippen LogP contribution in [-0.4, -0.2) is 26.9 Å². The van der Waals surface area contributed by atoms with Gasteiger partial charge in [0.05, 0.1) is 10.7 Å². The van der Waals surface area contributed by atoms with Crippen LogP contribution in [0.1, 0.15) is 17.0 Å². The van der Waals surface area contributed by atoms with Gasteiger partial charge in [0.2, 0.25) is 5.91 Å². The van der Waals surface area contributed by atoms with Gasteiger partial charge in [0.1, 0.15) is 23.9 Å². The number of halogens is 5. The lowest BCUT2D eigenvalue weighted by Gasteiger charge is -2.10. The maximum Gasteiger partial charge on any atom is 0.573 e. The lowest BCUT2D eigenvalue weighted by Crippen LogP contribution is -2.27. The zero-order chi connectivity index (χ0) is 31.3. The van der Waals surface area contributed by atoms with Crippen molar-refractivity contribution in [3.05, 3.63) is 124 Å². The predicted molar refractivity (Wildman–Crippen MR) is 165 cm³/mol. The van der Waals surface area contributed by atoms with E-state index in [-0.39, 0.29) is 30.5 Å². The molecule has 0 bridgehead atoms. The highest BCUT2D eigenvalue weighted by atomic mass is 35.5. The highest BCUT2D eigenvalue weighted by Gasteiger charge is 2.31. The van der Waals surface area contributed by atoms with E-state index in [0.717, 1.165) is 16.7 Å². The Morgan fingerprint density at radius 3 is 2.20 bits per heavy atom. The van der Waals surface area contributed by atoms with Crippen LogP contribution in [0.4, 0.5) is 13.2 Å². The number of rotatable bonds is 9. The number of amides is 1. The summed E-state index contributed by atoms with van der Waals surface area (Å²) in [6.45, 7) is 0.0290. The summed E-state index contributed by atoms with van der Waals surface area (Å²) in [6, 6.07) is 25.1. The molecule has 0 radical (unpaired) electrons. The number of hydrogen-bond donors (Lipinski definition) is 2. The molecule has 0 saturated carbocycles. The number of imidazole rings is 1. The molecule has 0 aliphatic carbocycles. The van der Waals surface area contributed by atoms with Gasteiger partial charge in [-0.05, 0) is 70.8 Å². The number of aromatic nitrogens is 2. The van der Waals surface area contributed by atoms with Crippen LogP contribution in [0.25, 0.3) is 34.5 Å². The number of phenols is 1. The number of aromatic hydroxyl groups is 1. The quantitative estimate of drug-likeness (QED) is 0.170. The standard InChI is InChI=1S/C33H24Cl2F3N3O3/c34-25-10-15-28(29(35)17-25)30-19-41(20-32(43)39-18-22-3-13-27(14-4-22)44-33(36,37)38)31(40-30)16-5-21-1-6-23(7-2-21)24-8-11-26(42)12-9-24/h1-17,19,42H,18,20H2,(H,39,43). The third-order valence-corrected chi connectivity index (χ3v) is 7.06. The van der Waals surface area contributed by atoms with Gasteiger partial charge in [-0.1, -0.05) is 77.8 Å². The lowest BCUT2D eigenvalue weighted by atomic mass is 10.0. The molecule has 6 nitrogen and oxygen atoms in total. The summed E-state index contributed by atoms with van der Waals surface area (Å²) in [7, 11) is 0. The first-order valence-electron chi connectivity index (χ1n) is 13.2. The zero-order valence-corrected chi connectivity index (χ0v) is 24.4. The molecule has 1 heterocycles. The molecular formula is C33H24Cl2F3N3O3. The number of alkyl halides is 3. The SMILES string of the molecule is O=C(Cn1cc(-c2ccc(Cl)cc2Cl)nc1C=Cc1ccc(-c2ccc(O)cc2)cc1)NCc1ccc(OC(F)(F)F)cc1. The first kappa shape index (κ1) is 30.7. The minimum atomic E-state index is -4.78. The molecule has 44 heavy (non-hydrogen) atoms. The summed E-state index contributed by atoms with van der Waals surface area (Å²) in [5, 5.41) is 13.2. The van der Waals surface area contributed by atoms with E-state index in [9.17, 15) is 23.1 Å². The molecular weight excluding hydrogens is 614 g/mol. The van der Waals surface area contributed by atoms with E-state index in [1.54, 1.807) is 47.2 Å². The van der Waals surface area contributed by atoms with Gasteiger partial charge in [0.25, 0.3) is 0 Å². The Labute approximate surface area is 261 Å². The molecule has 0 fully saturated rings. The zero-order valence-electron chi connectivity index (χ0n) is 22.9. The second-order valence-corrected chi connectivity index (χ2v) is 10.6. The minimum absolute atomic E-state index is 0.0764. The van der Waals surface area contributed by atoms with Gasteiger partial charge in [-0.25, -0.2) is 4.98 Å². The van der Waals surface area contributed by atoms with Gasteiger partial charge in [-0.15, -0.1) is 13.2 Å². The van der Waals surface area contributed by atoms with Crippen molar-refractivity contribution >= 4 is 41.3 Å². The molecule has 1 amide bonds. The molecule has 0 aliphatic rings. The average molecular weight is 638 g/mol. The van der Waals surface area contributed by atoms with E-state index >= 15 is 0 Å². The molecule has 2 N–H and O–H groups in total.